The lowest BCUT2D eigenvalue weighted by molar-refractivity contribution is 0.0983. The van der Waals surface area contributed by atoms with E-state index in [4.69, 9.17) is 5.73 Å². The summed E-state index contributed by atoms with van der Waals surface area (Å²) in [5.74, 6) is -0.765. The molecule has 1 amide bonds. The van der Waals surface area contributed by atoms with Crippen LogP contribution in [0.2, 0.25) is 0 Å². The smallest absolute Gasteiger partial charge is 0.268 e. The molecule has 0 aliphatic rings. The molecule has 0 atom stereocenters. The van der Waals surface area contributed by atoms with Gasteiger partial charge in [0.15, 0.2) is 0 Å². The van der Waals surface area contributed by atoms with Crippen molar-refractivity contribution in [3.8, 4) is 0 Å². The minimum absolute atomic E-state index is 0.124. The Bertz CT molecular complexity index is 475. The molecule has 0 bridgehead atoms. The Morgan fingerprint density at radius 2 is 2.08 bits per heavy atom. The summed E-state index contributed by atoms with van der Waals surface area (Å²) >= 11 is 0. The summed E-state index contributed by atoms with van der Waals surface area (Å²) in [7, 11) is 0. The van der Waals surface area contributed by atoms with Gasteiger partial charge < -0.3 is 5.73 Å². The molecule has 0 saturated carbocycles. The van der Waals surface area contributed by atoms with E-state index in [2.05, 4.69) is 0 Å². The maximum absolute atomic E-state index is 13.3. The van der Waals surface area contributed by atoms with Gasteiger partial charge in [0, 0.05) is 5.39 Å². The number of hydrogen-bond acceptors (Lipinski definition) is 1. The quantitative estimate of drug-likeness (QED) is 0.706. The van der Waals surface area contributed by atoms with Crippen molar-refractivity contribution in [2.45, 2.75) is 0 Å². The molecule has 66 valence electrons. The molecule has 2 rings (SSSR count). The number of primary amides is 1. The van der Waals surface area contributed by atoms with Crippen molar-refractivity contribution < 1.29 is 9.28 Å². The predicted molar refractivity (Wildman–Crippen MR) is 47.0 cm³/mol. The zero-order chi connectivity index (χ0) is 9.42. The maximum Gasteiger partial charge on any atom is 0.268 e. The Balaban J connectivity index is 2.81. The highest BCUT2D eigenvalue weighted by atomic mass is 19.2. The molecule has 1 aromatic carbocycles. The van der Waals surface area contributed by atoms with E-state index in [1.807, 2.05) is 0 Å². The molecule has 4 heteroatoms. The number of carbonyl (C=O) groups excluding carboxylic acids is 1. The molecule has 1 aromatic heterocycles. The molecular weight excluding hydrogens is 171 g/mol. The fraction of sp³-hybridized carbons (Fsp3) is 0. The summed E-state index contributed by atoms with van der Waals surface area (Å²) in [4.78, 5) is 11.1. The van der Waals surface area contributed by atoms with Gasteiger partial charge in [-0.05, 0) is 12.1 Å². The van der Waals surface area contributed by atoms with Crippen LogP contribution in [0.15, 0.2) is 30.3 Å². The van der Waals surface area contributed by atoms with Crippen LogP contribution in [0.1, 0.15) is 10.5 Å². The van der Waals surface area contributed by atoms with Gasteiger partial charge in [0.05, 0.1) is 5.52 Å². The fourth-order valence-electron chi connectivity index (χ4n) is 1.29. The second kappa shape index (κ2) is 2.58. The standard InChI is InChI=1S/C9H7FN2O/c10-12-7-4-2-1-3-6(7)5-8(12)9(11)13/h1-5H,(H2,11,13). The highest BCUT2D eigenvalue weighted by molar-refractivity contribution is 5.97. The summed E-state index contributed by atoms with van der Waals surface area (Å²) in [6, 6.07) is 8.20. The van der Waals surface area contributed by atoms with Crippen molar-refractivity contribution in [1.29, 1.82) is 0 Å². The third kappa shape index (κ3) is 1.07. The van der Waals surface area contributed by atoms with E-state index >= 15 is 0 Å². The number of rotatable bonds is 1. The molecule has 0 spiro atoms. The van der Waals surface area contributed by atoms with E-state index in [0.717, 1.165) is 0 Å². The zero-order valence-electron chi connectivity index (χ0n) is 6.70. The second-order valence-corrected chi connectivity index (χ2v) is 2.73. The molecule has 2 aromatic rings. The van der Waals surface area contributed by atoms with Gasteiger partial charge in [-0.25, -0.2) is 0 Å². The number of aromatic nitrogens is 1. The average Bonchev–Trinajstić information content (AvgIpc) is 2.45. The Hall–Kier alpha value is -1.84. The van der Waals surface area contributed by atoms with Gasteiger partial charge in [-0.1, -0.05) is 22.7 Å². The van der Waals surface area contributed by atoms with E-state index in [1.54, 1.807) is 24.3 Å². The molecular formula is C9H7FN2O. The van der Waals surface area contributed by atoms with Crippen LogP contribution >= 0.6 is 0 Å². The minimum atomic E-state index is -0.765. The third-order valence-electron chi connectivity index (χ3n) is 1.90. The lowest BCUT2D eigenvalue weighted by Crippen LogP contribution is -2.13. The van der Waals surface area contributed by atoms with E-state index in [-0.39, 0.29) is 5.69 Å². The Morgan fingerprint density at radius 1 is 1.38 bits per heavy atom. The zero-order valence-corrected chi connectivity index (χ0v) is 6.70. The molecule has 0 unspecified atom stereocenters. The third-order valence-corrected chi connectivity index (χ3v) is 1.90. The first-order valence-electron chi connectivity index (χ1n) is 3.76. The van der Waals surface area contributed by atoms with Gasteiger partial charge in [0.2, 0.25) is 0 Å². The van der Waals surface area contributed by atoms with E-state index < -0.39 is 5.91 Å². The van der Waals surface area contributed by atoms with Crippen LogP contribution in [-0.4, -0.2) is 10.7 Å². The van der Waals surface area contributed by atoms with Crippen LogP contribution in [-0.2, 0) is 0 Å². The van der Waals surface area contributed by atoms with Crippen LogP contribution < -0.4 is 5.73 Å². The van der Waals surface area contributed by atoms with Crippen molar-refractivity contribution >= 4 is 16.8 Å². The lowest BCUT2D eigenvalue weighted by atomic mass is 10.2. The first-order valence-corrected chi connectivity index (χ1v) is 3.76. The van der Waals surface area contributed by atoms with Crippen LogP contribution in [0.25, 0.3) is 10.9 Å². The van der Waals surface area contributed by atoms with Gasteiger partial charge in [-0.2, -0.15) is 4.79 Å². The lowest BCUT2D eigenvalue weighted by Gasteiger charge is -1.93. The van der Waals surface area contributed by atoms with Gasteiger partial charge in [-0.15, -0.1) is 0 Å². The SMILES string of the molecule is NC(=O)c1cc2ccccc2n1F. The number of halogens is 1. The number of fused-ring (bicyclic) bond motifs is 1. The van der Waals surface area contributed by atoms with Crippen molar-refractivity contribution in [2.24, 2.45) is 5.73 Å². The Labute approximate surface area is 73.5 Å². The Kier molecular flexibility index (Phi) is 1.55. The van der Waals surface area contributed by atoms with Crippen LogP contribution in [0.4, 0.5) is 4.48 Å². The maximum atomic E-state index is 13.3. The minimum Gasteiger partial charge on any atom is -0.364 e. The summed E-state index contributed by atoms with van der Waals surface area (Å²) < 4.78 is 13.3. The predicted octanol–water partition coefficient (Wildman–Crippen LogP) is 1.47. The largest absolute Gasteiger partial charge is 0.364 e. The highest BCUT2D eigenvalue weighted by Crippen LogP contribution is 2.18. The Morgan fingerprint density at radius 3 is 2.69 bits per heavy atom. The topological polar surface area (TPSA) is 48.0 Å². The average molecular weight is 178 g/mol. The molecule has 0 fully saturated rings. The van der Waals surface area contributed by atoms with Crippen molar-refractivity contribution in [3.05, 3.63) is 36.0 Å². The van der Waals surface area contributed by atoms with Crippen molar-refractivity contribution in [1.82, 2.24) is 4.79 Å². The highest BCUT2D eigenvalue weighted by Gasteiger charge is 2.11. The first-order chi connectivity index (χ1) is 6.20. The molecule has 2 N–H and O–H groups in total. The van der Waals surface area contributed by atoms with Crippen LogP contribution in [0.3, 0.4) is 0 Å². The number of benzene rings is 1. The molecule has 0 radical (unpaired) electrons. The molecule has 13 heavy (non-hydrogen) atoms. The number of hydrogen-bond donors (Lipinski definition) is 1. The van der Waals surface area contributed by atoms with Crippen LogP contribution in [0.5, 0.6) is 0 Å². The number of carbonyl (C=O) groups is 1. The van der Waals surface area contributed by atoms with Crippen LogP contribution in [0, 0.1) is 0 Å². The summed E-state index contributed by atoms with van der Waals surface area (Å²) in [5, 5.41) is 0.666. The first kappa shape index (κ1) is 7.79. The van der Waals surface area contributed by atoms with Gasteiger partial charge in [0.25, 0.3) is 5.91 Å². The van der Waals surface area contributed by atoms with Gasteiger partial charge >= 0.3 is 0 Å². The van der Waals surface area contributed by atoms with Gasteiger partial charge in [0.1, 0.15) is 5.69 Å². The molecule has 0 aliphatic carbocycles. The molecule has 3 nitrogen and oxygen atoms in total. The normalized spacial score (nSPS) is 10.5. The summed E-state index contributed by atoms with van der Waals surface area (Å²) in [5.41, 5.74) is 5.21. The number of nitrogens with zero attached hydrogens (tertiary/aromatic N) is 1. The number of amides is 1. The molecule has 0 saturated heterocycles. The van der Waals surface area contributed by atoms with Gasteiger partial charge in [-0.3, -0.25) is 4.79 Å². The monoisotopic (exact) mass is 178 g/mol. The van der Waals surface area contributed by atoms with E-state index in [1.165, 1.54) is 6.07 Å². The molecule has 0 aliphatic heterocycles. The summed E-state index contributed by atoms with van der Waals surface area (Å²) in [6.45, 7) is 0. The fourth-order valence-corrected chi connectivity index (χ4v) is 1.29. The molecule has 1 heterocycles. The van der Waals surface area contributed by atoms with Crippen molar-refractivity contribution in [3.63, 3.8) is 0 Å². The summed E-state index contributed by atoms with van der Waals surface area (Å²) in [6.07, 6.45) is 0. The van der Waals surface area contributed by atoms with Crippen molar-refractivity contribution in [2.75, 3.05) is 0 Å². The van der Waals surface area contributed by atoms with E-state index in [0.29, 0.717) is 15.7 Å². The second-order valence-electron chi connectivity index (χ2n) is 2.73. The number of nitrogens with two attached hydrogens (primary N) is 1. The number of para-hydroxylation sites is 1. The van der Waals surface area contributed by atoms with E-state index in [9.17, 15) is 9.28 Å².